The zero-order valence-electron chi connectivity index (χ0n) is 22.8. The number of carbonyl (C=O) groups excluding carboxylic acids is 3. The van der Waals surface area contributed by atoms with Crippen LogP contribution in [0.5, 0.6) is 5.75 Å². The third-order valence-electron chi connectivity index (χ3n) is 8.69. The lowest BCUT2D eigenvalue weighted by Gasteiger charge is -2.38. The van der Waals surface area contributed by atoms with E-state index in [0.717, 1.165) is 16.7 Å². The summed E-state index contributed by atoms with van der Waals surface area (Å²) >= 11 is 0. The SMILES string of the molecule is C=CCOc1ccc(C(=O)C2C(C(=O)c3ccccc3)N3C=Cc4ccccc4C3C23C(=O)Nc2ccccc23)cc1. The first-order valence-electron chi connectivity index (χ1n) is 14.0. The molecule has 6 nitrogen and oxygen atoms in total. The largest absolute Gasteiger partial charge is 0.490 e. The molecule has 4 atom stereocenters. The van der Waals surface area contributed by atoms with Crippen molar-refractivity contribution in [2.45, 2.75) is 17.5 Å². The third-order valence-corrected chi connectivity index (χ3v) is 8.69. The van der Waals surface area contributed by atoms with Crippen LogP contribution in [0.1, 0.15) is 43.4 Å². The number of hydrogen-bond acceptors (Lipinski definition) is 5. The van der Waals surface area contributed by atoms with Gasteiger partial charge in [-0.15, -0.1) is 0 Å². The summed E-state index contributed by atoms with van der Waals surface area (Å²) in [5, 5.41) is 3.08. The van der Waals surface area contributed by atoms with E-state index < -0.39 is 23.4 Å². The minimum atomic E-state index is -1.36. The van der Waals surface area contributed by atoms with Crippen molar-refractivity contribution >= 4 is 29.2 Å². The quantitative estimate of drug-likeness (QED) is 0.217. The molecule has 7 rings (SSSR count). The molecule has 1 N–H and O–H groups in total. The van der Waals surface area contributed by atoms with Crippen LogP contribution < -0.4 is 10.1 Å². The Morgan fingerprint density at radius 3 is 2.33 bits per heavy atom. The van der Waals surface area contributed by atoms with E-state index in [9.17, 15) is 14.4 Å². The number of ketones is 2. The molecule has 42 heavy (non-hydrogen) atoms. The van der Waals surface area contributed by atoms with Gasteiger partial charge in [0.2, 0.25) is 5.91 Å². The number of hydrogen-bond donors (Lipinski definition) is 1. The Morgan fingerprint density at radius 1 is 0.857 bits per heavy atom. The Morgan fingerprint density at radius 2 is 1.55 bits per heavy atom. The predicted octanol–water partition coefficient (Wildman–Crippen LogP) is 6.23. The third kappa shape index (κ3) is 3.68. The number of amides is 1. The molecule has 6 heteroatoms. The summed E-state index contributed by atoms with van der Waals surface area (Å²) in [6, 6.07) is 29.8. The van der Waals surface area contributed by atoms with E-state index >= 15 is 0 Å². The van der Waals surface area contributed by atoms with Crippen molar-refractivity contribution in [3.05, 3.63) is 150 Å². The molecule has 1 fully saturated rings. The highest BCUT2D eigenvalue weighted by Crippen LogP contribution is 2.62. The van der Waals surface area contributed by atoms with Gasteiger partial charge < -0.3 is 15.0 Å². The summed E-state index contributed by atoms with van der Waals surface area (Å²) in [5.41, 5.74) is 2.78. The van der Waals surface area contributed by atoms with E-state index in [1.54, 1.807) is 42.5 Å². The second-order valence-electron chi connectivity index (χ2n) is 10.8. The van der Waals surface area contributed by atoms with Crippen LogP contribution in [0.2, 0.25) is 0 Å². The van der Waals surface area contributed by atoms with Crippen LogP contribution in [0.3, 0.4) is 0 Å². The van der Waals surface area contributed by atoms with Gasteiger partial charge >= 0.3 is 0 Å². The second-order valence-corrected chi connectivity index (χ2v) is 10.8. The molecule has 4 aromatic carbocycles. The molecule has 0 radical (unpaired) electrons. The normalized spacial score (nSPS) is 23.1. The predicted molar refractivity (Wildman–Crippen MR) is 161 cm³/mol. The average molecular weight is 553 g/mol. The first kappa shape index (κ1) is 25.7. The molecular weight excluding hydrogens is 524 g/mol. The van der Waals surface area contributed by atoms with Crippen molar-refractivity contribution in [3.8, 4) is 5.75 Å². The first-order chi connectivity index (χ1) is 20.6. The molecule has 1 spiro atoms. The maximum absolute atomic E-state index is 14.9. The Labute approximate surface area is 243 Å². The summed E-state index contributed by atoms with van der Waals surface area (Å²) in [6.45, 7) is 4.02. The Bertz CT molecular complexity index is 1760. The van der Waals surface area contributed by atoms with Gasteiger partial charge in [0, 0.05) is 23.0 Å². The van der Waals surface area contributed by atoms with E-state index in [-0.39, 0.29) is 17.5 Å². The Balaban J connectivity index is 1.48. The lowest BCUT2D eigenvalue weighted by molar-refractivity contribution is -0.122. The van der Waals surface area contributed by atoms with Crippen molar-refractivity contribution in [2.75, 3.05) is 11.9 Å². The lowest BCUT2D eigenvalue weighted by atomic mass is 9.62. The van der Waals surface area contributed by atoms with Crippen molar-refractivity contribution in [2.24, 2.45) is 5.92 Å². The van der Waals surface area contributed by atoms with Gasteiger partial charge in [0.1, 0.15) is 23.8 Å². The molecule has 3 heterocycles. The molecule has 0 aromatic heterocycles. The highest BCUT2D eigenvalue weighted by Gasteiger charge is 2.70. The van der Waals surface area contributed by atoms with E-state index in [0.29, 0.717) is 29.2 Å². The van der Waals surface area contributed by atoms with E-state index in [1.165, 1.54) is 0 Å². The molecule has 0 saturated carbocycles. The number of ether oxygens (including phenoxy) is 1. The number of nitrogens with zero attached hydrogens (tertiary/aromatic N) is 1. The second kappa shape index (κ2) is 10.00. The number of fused-ring (bicyclic) bond motifs is 6. The van der Waals surface area contributed by atoms with Crippen molar-refractivity contribution in [1.82, 2.24) is 4.90 Å². The van der Waals surface area contributed by atoms with Crippen LogP contribution >= 0.6 is 0 Å². The maximum Gasteiger partial charge on any atom is 0.238 e. The Kier molecular flexibility index (Phi) is 6.12. The van der Waals surface area contributed by atoms with Gasteiger partial charge in [-0.05, 0) is 53.1 Å². The van der Waals surface area contributed by atoms with E-state index in [4.69, 9.17) is 4.74 Å². The fraction of sp³-hybridized carbons (Fsp3) is 0.139. The molecule has 1 amide bonds. The standard InChI is InChI=1S/C36H28N2O4/c1-2-22-42-26-18-16-25(17-19-26)32(39)30-31(33(40)24-11-4-3-5-12-24)38-21-20-23-10-6-7-13-27(23)34(38)36(30)28-14-8-9-15-29(28)37-35(36)41/h2-21,30-31,34H,1,22H2,(H,37,41). The maximum atomic E-state index is 14.9. The van der Waals surface area contributed by atoms with Crippen LogP contribution in [0.15, 0.2) is 122 Å². The molecule has 4 aromatic rings. The number of nitrogens with one attached hydrogen (secondary N) is 1. The van der Waals surface area contributed by atoms with Gasteiger partial charge in [-0.3, -0.25) is 14.4 Å². The van der Waals surface area contributed by atoms with Crippen molar-refractivity contribution < 1.29 is 19.1 Å². The molecule has 0 aliphatic carbocycles. The smallest absolute Gasteiger partial charge is 0.238 e. The highest BCUT2D eigenvalue weighted by atomic mass is 16.5. The number of Topliss-reactive ketones (excluding diaryl/α,β-unsaturated/α-hetero) is 2. The summed E-state index contributed by atoms with van der Waals surface area (Å²) in [7, 11) is 0. The van der Waals surface area contributed by atoms with Gasteiger partial charge in [-0.2, -0.15) is 0 Å². The molecule has 0 bridgehead atoms. The van der Waals surface area contributed by atoms with Gasteiger partial charge in [-0.25, -0.2) is 0 Å². The minimum absolute atomic E-state index is 0.206. The molecule has 3 aliphatic heterocycles. The number of anilines is 1. The zero-order chi connectivity index (χ0) is 28.8. The lowest BCUT2D eigenvalue weighted by Crippen LogP contribution is -2.49. The van der Waals surface area contributed by atoms with E-state index in [2.05, 4.69) is 11.9 Å². The fourth-order valence-electron chi connectivity index (χ4n) is 6.99. The number of benzene rings is 4. The molecule has 4 unspecified atom stereocenters. The topological polar surface area (TPSA) is 75.7 Å². The first-order valence-corrected chi connectivity index (χ1v) is 14.0. The van der Waals surface area contributed by atoms with Crippen LogP contribution in [-0.2, 0) is 10.2 Å². The van der Waals surface area contributed by atoms with Gasteiger partial charge in [0.25, 0.3) is 0 Å². The van der Waals surface area contributed by atoms with Crippen molar-refractivity contribution in [3.63, 3.8) is 0 Å². The number of carbonyl (C=O) groups is 3. The number of para-hydroxylation sites is 1. The summed E-state index contributed by atoms with van der Waals surface area (Å²) < 4.78 is 5.64. The van der Waals surface area contributed by atoms with Crippen LogP contribution in [0, 0.1) is 5.92 Å². The van der Waals surface area contributed by atoms with Crippen LogP contribution in [-0.4, -0.2) is 35.0 Å². The zero-order valence-corrected chi connectivity index (χ0v) is 22.8. The highest BCUT2D eigenvalue weighted by molar-refractivity contribution is 6.16. The van der Waals surface area contributed by atoms with Gasteiger partial charge in [0.15, 0.2) is 11.6 Å². The van der Waals surface area contributed by atoms with E-state index in [1.807, 2.05) is 83.9 Å². The summed E-state index contributed by atoms with van der Waals surface area (Å²) in [6.07, 6.45) is 5.50. The number of rotatable bonds is 7. The van der Waals surface area contributed by atoms with Crippen molar-refractivity contribution in [1.29, 1.82) is 0 Å². The molecule has 1 saturated heterocycles. The summed E-state index contributed by atoms with van der Waals surface area (Å²) in [5.74, 6) is -1.18. The van der Waals surface area contributed by atoms with Gasteiger partial charge in [0.05, 0.1) is 12.0 Å². The van der Waals surface area contributed by atoms with Crippen LogP contribution in [0.4, 0.5) is 5.69 Å². The monoisotopic (exact) mass is 552 g/mol. The Hall–Kier alpha value is -5.23. The van der Waals surface area contributed by atoms with Gasteiger partial charge in [-0.1, -0.05) is 85.5 Å². The minimum Gasteiger partial charge on any atom is -0.490 e. The molecule has 3 aliphatic rings. The van der Waals surface area contributed by atoms with Crippen LogP contribution in [0.25, 0.3) is 6.08 Å². The summed E-state index contributed by atoms with van der Waals surface area (Å²) in [4.78, 5) is 45.8. The fourth-order valence-corrected chi connectivity index (χ4v) is 6.99. The molecule has 206 valence electrons. The molecular formula is C36H28N2O4. The average Bonchev–Trinajstić information content (AvgIpc) is 3.52.